The van der Waals surface area contributed by atoms with E-state index in [-0.39, 0.29) is 0 Å². The van der Waals surface area contributed by atoms with Gasteiger partial charge >= 0.3 is 0 Å². The second-order valence-corrected chi connectivity index (χ2v) is 8.04. The second kappa shape index (κ2) is 6.97. The van der Waals surface area contributed by atoms with Gasteiger partial charge in [-0.25, -0.2) is 4.98 Å². The number of quaternary nitrogens is 1. The van der Waals surface area contributed by atoms with Gasteiger partial charge in [-0.3, -0.25) is 0 Å². The predicted octanol–water partition coefficient (Wildman–Crippen LogP) is 2.35. The van der Waals surface area contributed by atoms with Gasteiger partial charge in [0.2, 0.25) is 0 Å². The van der Waals surface area contributed by atoms with E-state index in [0.29, 0.717) is 0 Å². The highest BCUT2D eigenvalue weighted by molar-refractivity contribution is 5.78. The van der Waals surface area contributed by atoms with Gasteiger partial charge in [-0.1, -0.05) is 30.3 Å². The Labute approximate surface area is 160 Å². The van der Waals surface area contributed by atoms with Crippen LogP contribution in [0, 0.1) is 6.92 Å². The molecule has 2 aromatic heterocycles. The highest BCUT2D eigenvalue weighted by Crippen LogP contribution is 2.27. The molecule has 0 amide bonds. The Morgan fingerprint density at radius 3 is 2.52 bits per heavy atom. The van der Waals surface area contributed by atoms with Gasteiger partial charge in [-0.2, -0.15) is 9.61 Å². The predicted molar refractivity (Wildman–Crippen MR) is 108 cm³/mol. The largest absolute Gasteiger partial charge is 0.345 e. The number of nitrogens with zero attached hydrogens (tertiary/aromatic N) is 4. The highest BCUT2D eigenvalue weighted by Gasteiger charge is 2.30. The number of hydrogen-bond acceptors (Lipinski definition) is 3. The number of rotatable bonds is 3. The van der Waals surface area contributed by atoms with Crippen molar-refractivity contribution in [2.24, 2.45) is 0 Å². The maximum atomic E-state index is 4.81. The molecule has 5 rings (SSSR count). The zero-order valence-electron chi connectivity index (χ0n) is 16.1. The standard InChI is InChI=1S/C22H27N5/c1-17-15-21(26-13-11-25(12-14-26)19-9-5-6-10-19)27-22(24-17)20(16-23-27)18-7-3-2-4-8-18/h2-4,7-8,15-16,19H,5-6,9-14H2,1H3/p+1. The lowest BCUT2D eigenvalue weighted by molar-refractivity contribution is -0.925. The fourth-order valence-corrected chi connectivity index (χ4v) is 4.88. The van der Waals surface area contributed by atoms with Crippen molar-refractivity contribution >= 4 is 11.5 Å². The molecule has 1 aliphatic carbocycles. The summed E-state index contributed by atoms with van der Waals surface area (Å²) in [5.41, 5.74) is 4.30. The summed E-state index contributed by atoms with van der Waals surface area (Å²) in [4.78, 5) is 9.13. The molecule has 140 valence electrons. The Morgan fingerprint density at radius 2 is 1.78 bits per heavy atom. The summed E-state index contributed by atoms with van der Waals surface area (Å²) in [6.07, 6.45) is 7.66. The van der Waals surface area contributed by atoms with Gasteiger partial charge in [-0.15, -0.1) is 0 Å². The number of aromatic nitrogens is 3. The van der Waals surface area contributed by atoms with Crippen LogP contribution in [0.5, 0.6) is 0 Å². The van der Waals surface area contributed by atoms with Gasteiger partial charge in [0.25, 0.3) is 0 Å². The lowest BCUT2D eigenvalue weighted by Crippen LogP contribution is -3.18. The average Bonchev–Trinajstić information content (AvgIpc) is 3.38. The van der Waals surface area contributed by atoms with Crippen LogP contribution in [0.3, 0.4) is 0 Å². The number of nitrogens with one attached hydrogen (secondary N) is 1. The van der Waals surface area contributed by atoms with Gasteiger partial charge in [0, 0.05) is 17.3 Å². The Hall–Kier alpha value is -2.40. The average molecular weight is 363 g/mol. The van der Waals surface area contributed by atoms with E-state index in [1.807, 2.05) is 21.7 Å². The van der Waals surface area contributed by atoms with Gasteiger partial charge in [0.05, 0.1) is 38.4 Å². The SMILES string of the molecule is Cc1cc(N2CC[NH+](C3CCCC3)CC2)n2ncc(-c3ccccc3)c2n1. The molecule has 0 unspecified atom stereocenters. The first-order valence-electron chi connectivity index (χ1n) is 10.3. The van der Waals surface area contributed by atoms with E-state index < -0.39 is 0 Å². The summed E-state index contributed by atoms with van der Waals surface area (Å²) < 4.78 is 2.04. The molecule has 2 fully saturated rings. The van der Waals surface area contributed by atoms with Gasteiger partial charge in [-0.05, 0) is 38.2 Å². The van der Waals surface area contributed by atoms with E-state index in [1.165, 1.54) is 50.2 Å². The van der Waals surface area contributed by atoms with Crippen LogP contribution < -0.4 is 9.80 Å². The molecule has 27 heavy (non-hydrogen) atoms. The third kappa shape index (κ3) is 3.10. The first kappa shape index (κ1) is 16.8. The molecule has 5 heteroatoms. The molecule has 1 saturated carbocycles. The van der Waals surface area contributed by atoms with Crippen LogP contribution >= 0.6 is 0 Å². The molecule has 1 aliphatic heterocycles. The molecule has 0 spiro atoms. The molecule has 3 heterocycles. The van der Waals surface area contributed by atoms with Crippen LogP contribution in [0.4, 0.5) is 5.82 Å². The summed E-state index contributed by atoms with van der Waals surface area (Å²) >= 11 is 0. The minimum Gasteiger partial charge on any atom is -0.345 e. The summed E-state index contributed by atoms with van der Waals surface area (Å²) in [6.45, 7) is 6.77. The fourth-order valence-electron chi connectivity index (χ4n) is 4.88. The van der Waals surface area contributed by atoms with Crippen LogP contribution in [-0.2, 0) is 0 Å². The fraction of sp³-hybridized carbons (Fsp3) is 0.455. The molecule has 0 radical (unpaired) electrons. The molecule has 0 bridgehead atoms. The number of aryl methyl sites for hydroxylation is 1. The smallest absolute Gasteiger partial charge is 0.165 e. The van der Waals surface area contributed by atoms with Crippen molar-refractivity contribution in [1.29, 1.82) is 0 Å². The van der Waals surface area contributed by atoms with E-state index in [4.69, 9.17) is 10.1 Å². The molecule has 1 saturated heterocycles. The lowest BCUT2D eigenvalue weighted by atomic mass is 10.1. The third-order valence-electron chi connectivity index (χ3n) is 6.33. The van der Waals surface area contributed by atoms with Crippen molar-refractivity contribution in [2.75, 3.05) is 31.1 Å². The van der Waals surface area contributed by atoms with Crippen LogP contribution in [0.1, 0.15) is 31.4 Å². The maximum absolute atomic E-state index is 4.81. The zero-order chi connectivity index (χ0) is 18.2. The maximum Gasteiger partial charge on any atom is 0.165 e. The highest BCUT2D eigenvalue weighted by atomic mass is 15.4. The van der Waals surface area contributed by atoms with Crippen molar-refractivity contribution in [3.05, 3.63) is 48.3 Å². The Bertz CT molecular complexity index is 919. The Morgan fingerprint density at radius 1 is 1.04 bits per heavy atom. The summed E-state index contributed by atoms with van der Waals surface area (Å²) in [6, 6.07) is 13.5. The molecular formula is C22H28N5+. The quantitative estimate of drug-likeness (QED) is 0.777. The number of hydrogen-bond donors (Lipinski definition) is 1. The number of anilines is 1. The van der Waals surface area contributed by atoms with Crippen molar-refractivity contribution in [2.45, 2.75) is 38.6 Å². The van der Waals surface area contributed by atoms with Gasteiger partial charge in [0.15, 0.2) is 5.65 Å². The topological polar surface area (TPSA) is 37.9 Å². The summed E-state index contributed by atoms with van der Waals surface area (Å²) in [5, 5.41) is 4.71. The van der Waals surface area contributed by atoms with E-state index in [9.17, 15) is 0 Å². The van der Waals surface area contributed by atoms with E-state index in [1.54, 1.807) is 0 Å². The molecule has 1 aromatic carbocycles. The first-order valence-corrected chi connectivity index (χ1v) is 10.3. The van der Waals surface area contributed by atoms with E-state index in [2.05, 4.69) is 42.2 Å². The van der Waals surface area contributed by atoms with Gasteiger partial charge < -0.3 is 9.80 Å². The van der Waals surface area contributed by atoms with Crippen LogP contribution in [0.15, 0.2) is 42.6 Å². The van der Waals surface area contributed by atoms with Gasteiger partial charge in [0.1, 0.15) is 5.82 Å². The molecular weight excluding hydrogens is 334 g/mol. The van der Waals surface area contributed by atoms with Crippen LogP contribution in [0.25, 0.3) is 16.8 Å². The summed E-state index contributed by atoms with van der Waals surface area (Å²) in [5.74, 6) is 1.19. The number of benzene rings is 1. The number of fused-ring (bicyclic) bond motifs is 1. The molecule has 2 aliphatic rings. The molecule has 3 aromatic rings. The Balaban J connectivity index is 1.45. The van der Waals surface area contributed by atoms with Crippen molar-refractivity contribution in [1.82, 2.24) is 14.6 Å². The van der Waals surface area contributed by atoms with E-state index in [0.717, 1.165) is 36.0 Å². The van der Waals surface area contributed by atoms with E-state index >= 15 is 0 Å². The first-order chi connectivity index (χ1) is 13.3. The van der Waals surface area contributed by atoms with Crippen molar-refractivity contribution in [3.8, 4) is 11.1 Å². The molecule has 5 nitrogen and oxygen atoms in total. The van der Waals surface area contributed by atoms with Crippen molar-refractivity contribution < 1.29 is 4.90 Å². The Kier molecular flexibility index (Phi) is 4.32. The zero-order valence-corrected chi connectivity index (χ0v) is 16.1. The minimum atomic E-state index is 0.903. The molecule has 1 N–H and O–H groups in total. The van der Waals surface area contributed by atoms with Crippen molar-refractivity contribution in [3.63, 3.8) is 0 Å². The second-order valence-electron chi connectivity index (χ2n) is 8.04. The summed E-state index contributed by atoms with van der Waals surface area (Å²) in [7, 11) is 0. The van der Waals surface area contributed by atoms with Crippen LogP contribution in [-0.4, -0.2) is 46.8 Å². The van der Waals surface area contributed by atoms with Crippen LogP contribution in [0.2, 0.25) is 0 Å². The monoisotopic (exact) mass is 362 g/mol. The number of piperazine rings is 1. The normalized spacial score (nSPS) is 19.2. The minimum absolute atomic E-state index is 0.903. The third-order valence-corrected chi connectivity index (χ3v) is 6.33. The molecule has 0 atom stereocenters. The lowest BCUT2D eigenvalue weighted by Gasteiger charge is -2.36.